The Morgan fingerprint density at radius 1 is 1.38 bits per heavy atom. The van der Waals surface area contributed by atoms with Crippen LogP contribution in [-0.4, -0.2) is 11.1 Å². The molecule has 1 aliphatic rings. The van der Waals surface area contributed by atoms with Crippen LogP contribution < -0.4 is 5.32 Å². The van der Waals surface area contributed by atoms with Crippen LogP contribution in [-0.2, 0) is 6.54 Å². The average molecular weight is 217 g/mol. The number of phenolic OH excluding ortho intramolecular Hbond substituents is 1. The van der Waals surface area contributed by atoms with Crippen molar-refractivity contribution in [1.82, 2.24) is 5.32 Å². The van der Waals surface area contributed by atoms with Crippen molar-refractivity contribution in [3.8, 4) is 5.75 Å². The maximum atomic E-state index is 9.64. The Morgan fingerprint density at radius 2 is 2.25 bits per heavy atom. The lowest BCUT2D eigenvalue weighted by molar-refractivity contribution is 0.327. The van der Waals surface area contributed by atoms with Gasteiger partial charge in [-0.15, -0.1) is 0 Å². The first-order chi connectivity index (χ1) is 7.83. The van der Waals surface area contributed by atoms with Gasteiger partial charge in [-0.05, 0) is 31.0 Å². The van der Waals surface area contributed by atoms with Gasteiger partial charge in [0.1, 0.15) is 17.1 Å². The van der Waals surface area contributed by atoms with Crippen LogP contribution in [0.1, 0.15) is 25.0 Å². The second-order valence-corrected chi connectivity index (χ2v) is 4.41. The quantitative estimate of drug-likeness (QED) is 0.831. The molecule has 3 heteroatoms. The van der Waals surface area contributed by atoms with E-state index in [0.717, 1.165) is 23.3 Å². The van der Waals surface area contributed by atoms with Gasteiger partial charge in [0, 0.05) is 6.04 Å². The van der Waals surface area contributed by atoms with E-state index < -0.39 is 0 Å². The van der Waals surface area contributed by atoms with E-state index >= 15 is 0 Å². The zero-order valence-corrected chi connectivity index (χ0v) is 9.07. The summed E-state index contributed by atoms with van der Waals surface area (Å²) in [7, 11) is 0. The summed E-state index contributed by atoms with van der Waals surface area (Å²) in [4.78, 5) is 0. The zero-order chi connectivity index (χ0) is 11.0. The lowest BCUT2D eigenvalue weighted by Crippen LogP contribution is -2.34. The van der Waals surface area contributed by atoms with E-state index in [4.69, 9.17) is 4.42 Å². The minimum absolute atomic E-state index is 0.288. The molecule has 3 rings (SSSR count). The Labute approximate surface area is 94.1 Å². The van der Waals surface area contributed by atoms with Gasteiger partial charge in [0.2, 0.25) is 0 Å². The first kappa shape index (κ1) is 9.73. The van der Waals surface area contributed by atoms with Gasteiger partial charge in [0.05, 0.1) is 11.9 Å². The molecule has 1 saturated carbocycles. The largest absolute Gasteiger partial charge is 0.507 e. The fraction of sp³-hybridized carbons (Fsp3) is 0.385. The Balaban J connectivity index is 1.79. The highest BCUT2D eigenvalue weighted by Gasteiger charge is 2.17. The fourth-order valence-electron chi connectivity index (χ4n) is 2.04. The molecule has 0 bridgehead atoms. The second-order valence-electron chi connectivity index (χ2n) is 4.41. The van der Waals surface area contributed by atoms with Crippen molar-refractivity contribution >= 4 is 11.0 Å². The van der Waals surface area contributed by atoms with E-state index in [1.165, 1.54) is 19.3 Å². The van der Waals surface area contributed by atoms with Crippen molar-refractivity contribution in [2.24, 2.45) is 0 Å². The van der Waals surface area contributed by atoms with Gasteiger partial charge in [-0.25, -0.2) is 0 Å². The molecule has 1 fully saturated rings. The van der Waals surface area contributed by atoms with Crippen LogP contribution in [0.3, 0.4) is 0 Å². The van der Waals surface area contributed by atoms with E-state index in [1.54, 1.807) is 12.1 Å². The normalized spacial score (nSPS) is 16.5. The van der Waals surface area contributed by atoms with E-state index in [9.17, 15) is 5.11 Å². The minimum atomic E-state index is 0.288. The van der Waals surface area contributed by atoms with Gasteiger partial charge < -0.3 is 14.8 Å². The standard InChI is InChI=1S/C13H15NO2/c15-12-5-2-6-13-11(12)7-10(16-13)8-14-9-3-1-4-9/h2,5-7,9,14-15H,1,3-4,8H2. The third-order valence-electron chi connectivity index (χ3n) is 3.26. The van der Waals surface area contributed by atoms with Crippen LogP contribution >= 0.6 is 0 Å². The van der Waals surface area contributed by atoms with E-state index in [0.29, 0.717) is 6.04 Å². The molecule has 2 aromatic rings. The summed E-state index contributed by atoms with van der Waals surface area (Å²) in [6.45, 7) is 0.749. The first-order valence-electron chi connectivity index (χ1n) is 5.77. The topological polar surface area (TPSA) is 45.4 Å². The van der Waals surface area contributed by atoms with Crippen LogP contribution in [0.4, 0.5) is 0 Å². The van der Waals surface area contributed by atoms with Crippen LogP contribution in [0.5, 0.6) is 5.75 Å². The molecule has 1 heterocycles. The summed E-state index contributed by atoms with van der Waals surface area (Å²) < 4.78 is 5.65. The average Bonchev–Trinajstić information content (AvgIpc) is 2.60. The van der Waals surface area contributed by atoms with Gasteiger partial charge in [0.25, 0.3) is 0 Å². The predicted molar refractivity (Wildman–Crippen MR) is 62.4 cm³/mol. The number of rotatable bonds is 3. The molecular weight excluding hydrogens is 202 g/mol. The fourth-order valence-corrected chi connectivity index (χ4v) is 2.04. The van der Waals surface area contributed by atoms with E-state index in [1.807, 2.05) is 12.1 Å². The Morgan fingerprint density at radius 3 is 2.94 bits per heavy atom. The van der Waals surface area contributed by atoms with Crippen molar-refractivity contribution in [2.45, 2.75) is 31.8 Å². The highest BCUT2D eigenvalue weighted by Crippen LogP contribution is 2.27. The molecule has 0 aliphatic heterocycles. The van der Waals surface area contributed by atoms with Crippen molar-refractivity contribution in [3.63, 3.8) is 0 Å². The summed E-state index contributed by atoms with van der Waals surface area (Å²) in [5.41, 5.74) is 0.755. The number of hydrogen-bond donors (Lipinski definition) is 2. The molecule has 0 amide bonds. The number of furan rings is 1. The van der Waals surface area contributed by atoms with Crippen LogP contribution in [0, 0.1) is 0 Å². The lowest BCUT2D eigenvalue weighted by Gasteiger charge is -2.25. The molecule has 84 valence electrons. The molecule has 1 aromatic carbocycles. The number of fused-ring (bicyclic) bond motifs is 1. The number of phenols is 1. The molecule has 1 aromatic heterocycles. The second kappa shape index (κ2) is 3.83. The maximum Gasteiger partial charge on any atom is 0.138 e. The molecule has 3 nitrogen and oxygen atoms in total. The molecule has 2 N–H and O–H groups in total. The van der Waals surface area contributed by atoms with E-state index in [-0.39, 0.29) is 5.75 Å². The third kappa shape index (κ3) is 1.67. The third-order valence-corrected chi connectivity index (χ3v) is 3.26. The lowest BCUT2D eigenvalue weighted by atomic mass is 9.93. The molecule has 0 atom stereocenters. The number of nitrogens with one attached hydrogen (secondary N) is 1. The highest BCUT2D eigenvalue weighted by atomic mass is 16.3. The molecule has 0 unspecified atom stereocenters. The molecule has 0 radical (unpaired) electrons. The number of hydrogen-bond acceptors (Lipinski definition) is 3. The SMILES string of the molecule is Oc1cccc2oc(CNC3CCC3)cc12. The summed E-state index contributed by atoms with van der Waals surface area (Å²) in [6, 6.07) is 7.92. The van der Waals surface area contributed by atoms with Gasteiger partial charge in [-0.2, -0.15) is 0 Å². The molecule has 0 spiro atoms. The Kier molecular flexibility index (Phi) is 2.33. The zero-order valence-electron chi connectivity index (χ0n) is 9.07. The van der Waals surface area contributed by atoms with Crippen LogP contribution in [0.15, 0.2) is 28.7 Å². The Hall–Kier alpha value is -1.48. The van der Waals surface area contributed by atoms with Gasteiger partial charge in [0.15, 0.2) is 0 Å². The Bertz CT molecular complexity index is 500. The summed E-state index contributed by atoms with van der Waals surface area (Å²) in [5, 5.41) is 13.9. The molecule has 1 aliphatic carbocycles. The number of benzene rings is 1. The van der Waals surface area contributed by atoms with Crippen LogP contribution in [0.2, 0.25) is 0 Å². The maximum absolute atomic E-state index is 9.64. The molecule has 0 saturated heterocycles. The van der Waals surface area contributed by atoms with Gasteiger partial charge in [-0.1, -0.05) is 12.5 Å². The number of aromatic hydroxyl groups is 1. The smallest absolute Gasteiger partial charge is 0.138 e. The van der Waals surface area contributed by atoms with Gasteiger partial charge >= 0.3 is 0 Å². The summed E-state index contributed by atoms with van der Waals surface area (Å²) in [5.74, 6) is 1.18. The van der Waals surface area contributed by atoms with E-state index in [2.05, 4.69) is 5.32 Å². The summed E-state index contributed by atoms with van der Waals surface area (Å²) >= 11 is 0. The highest BCUT2D eigenvalue weighted by molar-refractivity contribution is 5.84. The first-order valence-corrected chi connectivity index (χ1v) is 5.77. The summed E-state index contributed by atoms with van der Waals surface area (Å²) in [6.07, 6.45) is 3.87. The van der Waals surface area contributed by atoms with Crippen molar-refractivity contribution in [2.75, 3.05) is 0 Å². The predicted octanol–water partition coefficient (Wildman–Crippen LogP) is 2.78. The monoisotopic (exact) mass is 217 g/mol. The molecular formula is C13H15NO2. The minimum Gasteiger partial charge on any atom is -0.507 e. The molecule has 16 heavy (non-hydrogen) atoms. The van der Waals surface area contributed by atoms with Crippen LogP contribution in [0.25, 0.3) is 11.0 Å². The van der Waals surface area contributed by atoms with Crippen molar-refractivity contribution in [1.29, 1.82) is 0 Å². The van der Waals surface area contributed by atoms with Crippen molar-refractivity contribution in [3.05, 3.63) is 30.0 Å². The van der Waals surface area contributed by atoms with Crippen molar-refractivity contribution < 1.29 is 9.52 Å². The van der Waals surface area contributed by atoms with Gasteiger partial charge in [-0.3, -0.25) is 0 Å².